The number of aromatic nitrogens is 2. The molecule has 0 unspecified atom stereocenters. The average molecular weight is 413 g/mol. The van der Waals surface area contributed by atoms with Crippen molar-refractivity contribution < 1.29 is 12.9 Å². The van der Waals surface area contributed by atoms with Crippen molar-refractivity contribution in [2.75, 3.05) is 18.1 Å². The Bertz CT molecular complexity index is 1110. The van der Waals surface area contributed by atoms with E-state index in [-0.39, 0.29) is 0 Å². The van der Waals surface area contributed by atoms with Crippen LogP contribution in [0.5, 0.6) is 0 Å². The van der Waals surface area contributed by atoms with Gasteiger partial charge in [0.25, 0.3) is 0 Å². The molecule has 0 atom stereocenters. The van der Waals surface area contributed by atoms with Crippen LogP contribution >= 0.6 is 0 Å². The van der Waals surface area contributed by atoms with Gasteiger partial charge in [0.2, 0.25) is 21.7 Å². The number of sulfonamides is 1. The van der Waals surface area contributed by atoms with Crippen molar-refractivity contribution in [3.8, 4) is 11.4 Å². The maximum absolute atomic E-state index is 11.8. The molecule has 2 aromatic carbocycles. The van der Waals surface area contributed by atoms with E-state index in [1.165, 1.54) is 16.1 Å². The molecule has 0 saturated carbocycles. The fourth-order valence-corrected chi connectivity index (χ4v) is 4.33. The maximum atomic E-state index is 11.8. The summed E-state index contributed by atoms with van der Waals surface area (Å²) in [4.78, 5) is 4.48. The molecule has 1 aliphatic heterocycles. The molecule has 3 aromatic rings. The molecule has 0 spiro atoms. The van der Waals surface area contributed by atoms with Gasteiger partial charge >= 0.3 is 0 Å². The van der Waals surface area contributed by atoms with Crippen LogP contribution in [0.15, 0.2) is 47.0 Å². The van der Waals surface area contributed by atoms with Crippen LogP contribution in [0.1, 0.15) is 29.5 Å². The number of benzene rings is 2. The first-order valence-corrected chi connectivity index (χ1v) is 11.5. The Morgan fingerprint density at radius 1 is 1.17 bits per heavy atom. The highest BCUT2D eigenvalue weighted by Gasteiger charge is 2.24. The molecule has 0 aliphatic carbocycles. The Labute approximate surface area is 170 Å². The van der Waals surface area contributed by atoms with E-state index in [4.69, 9.17) is 4.52 Å². The topological polar surface area (TPSA) is 88.3 Å². The first kappa shape index (κ1) is 19.6. The number of hydrogen-bond donors (Lipinski definition) is 1. The molecule has 0 fully saturated rings. The van der Waals surface area contributed by atoms with Crippen molar-refractivity contribution in [3.05, 3.63) is 65.0 Å². The number of hydrogen-bond acceptors (Lipinski definition) is 6. The average Bonchev–Trinajstić information content (AvgIpc) is 3.20. The summed E-state index contributed by atoms with van der Waals surface area (Å²) in [5.74, 6) is 1.08. The second-order valence-corrected chi connectivity index (χ2v) is 9.19. The molecule has 0 amide bonds. The summed E-state index contributed by atoms with van der Waals surface area (Å²) in [6.45, 7) is 3.42. The second-order valence-electron chi connectivity index (χ2n) is 7.21. The first-order valence-electron chi connectivity index (χ1n) is 9.65. The summed E-state index contributed by atoms with van der Waals surface area (Å²) in [6.07, 6.45) is 2.92. The predicted octanol–water partition coefficient (Wildman–Crippen LogP) is 3.23. The van der Waals surface area contributed by atoms with E-state index >= 15 is 0 Å². The Morgan fingerprint density at radius 3 is 2.69 bits per heavy atom. The van der Waals surface area contributed by atoms with Crippen molar-refractivity contribution >= 4 is 15.7 Å². The molecule has 8 heteroatoms. The highest BCUT2D eigenvalue weighted by atomic mass is 32.2. The number of nitrogens with zero attached hydrogens (tertiary/aromatic N) is 3. The minimum absolute atomic E-state index is 0.405. The lowest BCUT2D eigenvalue weighted by Gasteiger charge is -2.28. The Hall–Kier alpha value is -2.71. The minimum atomic E-state index is -3.19. The lowest BCUT2D eigenvalue weighted by atomic mass is 9.99. The molecule has 0 saturated heterocycles. The zero-order valence-electron chi connectivity index (χ0n) is 16.6. The van der Waals surface area contributed by atoms with Gasteiger partial charge in [-0.1, -0.05) is 48.5 Å². The van der Waals surface area contributed by atoms with Crippen molar-refractivity contribution in [1.29, 1.82) is 0 Å². The van der Waals surface area contributed by atoms with Gasteiger partial charge in [0.15, 0.2) is 0 Å². The summed E-state index contributed by atoms with van der Waals surface area (Å²) in [5.41, 5.74) is 5.33. The maximum Gasteiger partial charge on any atom is 0.246 e. The van der Waals surface area contributed by atoms with Gasteiger partial charge in [-0.3, -0.25) is 0 Å². The summed E-state index contributed by atoms with van der Waals surface area (Å²) in [5, 5.41) is 7.44. The third-order valence-electron chi connectivity index (χ3n) is 5.22. The van der Waals surface area contributed by atoms with Gasteiger partial charge in [-0.25, -0.2) is 8.42 Å². The van der Waals surface area contributed by atoms with E-state index < -0.39 is 10.0 Å². The van der Waals surface area contributed by atoms with Crippen LogP contribution in [0.2, 0.25) is 0 Å². The standard InChI is InChI=1S/C21H24N4O3S/c1-3-15-7-9-16(10-8-15)21-23-20(28-24-21)13-22-19-6-4-5-17-14-25(29(2,26)27)12-11-18(17)19/h4-10,22H,3,11-14H2,1-2H3. The third-order valence-corrected chi connectivity index (χ3v) is 6.47. The van der Waals surface area contributed by atoms with Crippen LogP contribution in [-0.2, 0) is 36.0 Å². The van der Waals surface area contributed by atoms with Gasteiger partial charge in [-0.2, -0.15) is 9.29 Å². The van der Waals surface area contributed by atoms with Crippen LogP contribution in [0.4, 0.5) is 5.69 Å². The zero-order valence-corrected chi connectivity index (χ0v) is 17.4. The summed E-state index contributed by atoms with van der Waals surface area (Å²) in [6, 6.07) is 14.0. The molecule has 7 nitrogen and oxygen atoms in total. The van der Waals surface area contributed by atoms with Crippen molar-refractivity contribution in [3.63, 3.8) is 0 Å². The van der Waals surface area contributed by atoms with Gasteiger partial charge in [0, 0.05) is 24.3 Å². The Balaban J connectivity index is 1.46. The summed E-state index contributed by atoms with van der Waals surface area (Å²) >= 11 is 0. The number of anilines is 1. The van der Waals surface area contributed by atoms with Crippen LogP contribution in [0.25, 0.3) is 11.4 Å². The number of fused-ring (bicyclic) bond motifs is 1. The lowest BCUT2D eigenvalue weighted by Crippen LogP contribution is -2.35. The van der Waals surface area contributed by atoms with Gasteiger partial charge in [0.05, 0.1) is 12.8 Å². The number of rotatable bonds is 6. The SMILES string of the molecule is CCc1ccc(-c2noc(CNc3cccc4c3CCN(S(C)(=O)=O)C4)n2)cc1. The van der Waals surface area contributed by atoms with Gasteiger partial charge < -0.3 is 9.84 Å². The zero-order chi connectivity index (χ0) is 20.4. The Morgan fingerprint density at radius 2 is 1.97 bits per heavy atom. The second kappa shape index (κ2) is 7.96. The van der Waals surface area contributed by atoms with Crippen molar-refractivity contribution in [2.24, 2.45) is 0 Å². The molecule has 29 heavy (non-hydrogen) atoms. The third kappa shape index (κ3) is 4.33. The van der Waals surface area contributed by atoms with E-state index in [0.717, 1.165) is 28.8 Å². The Kier molecular flexibility index (Phi) is 5.38. The van der Waals surface area contributed by atoms with E-state index in [1.54, 1.807) is 0 Å². The molecule has 1 N–H and O–H groups in total. The quantitative estimate of drug-likeness (QED) is 0.669. The summed E-state index contributed by atoms with van der Waals surface area (Å²) < 4.78 is 30.6. The molecular weight excluding hydrogens is 388 g/mol. The molecule has 1 aliphatic rings. The van der Waals surface area contributed by atoms with Crippen LogP contribution in [0, 0.1) is 0 Å². The normalized spacial score (nSPS) is 14.6. The smallest absolute Gasteiger partial charge is 0.246 e. The molecule has 152 valence electrons. The highest BCUT2D eigenvalue weighted by molar-refractivity contribution is 7.88. The predicted molar refractivity (Wildman–Crippen MR) is 112 cm³/mol. The van der Waals surface area contributed by atoms with E-state index in [0.29, 0.717) is 37.8 Å². The minimum Gasteiger partial charge on any atom is -0.376 e. The van der Waals surface area contributed by atoms with E-state index in [1.807, 2.05) is 30.3 Å². The van der Waals surface area contributed by atoms with Gasteiger partial charge in [-0.05, 0) is 35.6 Å². The van der Waals surface area contributed by atoms with Gasteiger partial charge in [-0.15, -0.1) is 0 Å². The molecule has 0 radical (unpaired) electrons. The molecular formula is C21H24N4O3S. The van der Waals surface area contributed by atoms with Gasteiger partial charge in [0.1, 0.15) is 0 Å². The van der Waals surface area contributed by atoms with Crippen LogP contribution in [0.3, 0.4) is 0 Å². The molecule has 2 heterocycles. The lowest BCUT2D eigenvalue weighted by molar-refractivity contribution is 0.383. The first-order chi connectivity index (χ1) is 13.9. The fraction of sp³-hybridized carbons (Fsp3) is 0.333. The highest BCUT2D eigenvalue weighted by Crippen LogP contribution is 2.27. The van der Waals surface area contributed by atoms with Crippen molar-refractivity contribution in [1.82, 2.24) is 14.4 Å². The number of nitrogens with one attached hydrogen (secondary N) is 1. The van der Waals surface area contributed by atoms with E-state index in [2.05, 4.69) is 34.5 Å². The largest absolute Gasteiger partial charge is 0.376 e. The molecule has 0 bridgehead atoms. The molecule has 4 rings (SSSR count). The van der Waals surface area contributed by atoms with E-state index in [9.17, 15) is 8.42 Å². The van der Waals surface area contributed by atoms with Crippen LogP contribution in [-0.4, -0.2) is 35.7 Å². The van der Waals surface area contributed by atoms with Crippen molar-refractivity contribution in [2.45, 2.75) is 32.9 Å². The van der Waals surface area contributed by atoms with Crippen LogP contribution < -0.4 is 5.32 Å². The molecule has 1 aromatic heterocycles. The summed E-state index contributed by atoms with van der Waals surface area (Å²) in [7, 11) is -3.19. The number of aryl methyl sites for hydroxylation is 1. The monoisotopic (exact) mass is 412 g/mol. The fourth-order valence-electron chi connectivity index (χ4n) is 3.54.